The van der Waals surface area contributed by atoms with Crippen molar-refractivity contribution in [3.63, 3.8) is 0 Å². The summed E-state index contributed by atoms with van der Waals surface area (Å²) in [6.45, 7) is 7.59. The number of nitrogens with zero attached hydrogens (tertiary/aromatic N) is 3. The van der Waals surface area contributed by atoms with Gasteiger partial charge in [-0.3, -0.25) is 9.88 Å². The van der Waals surface area contributed by atoms with Gasteiger partial charge in [-0.25, -0.2) is 0 Å². The molecule has 0 aliphatic rings. The Kier molecular flexibility index (Phi) is 5.94. The molecule has 2 aromatic heterocycles. The summed E-state index contributed by atoms with van der Waals surface area (Å²) in [6, 6.07) is 5.73. The first-order valence-corrected chi connectivity index (χ1v) is 8.39. The van der Waals surface area contributed by atoms with Crippen molar-refractivity contribution < 1.29 is 5.11 Å². The third-order valence-corrected chi connectivity index (χ3v) is 4.67. The maximum absolute atomic E-state index is 10.0. The van der Waals surface area contributed by atoms with E-state index in [0.717, 1.165) is 31.0 Å². The molecule has 0 amide bonds. The van der Waals surface area contributed by atoms with Gasteiger partial charge in [0.05, 0.1) is 5.69 Å². The second kappa shape index (κ2) is 7.72. The molecule has 2 rings (SSSR count). The molecule has 0 saturated heterocycles. The third-order valence-electron chi connectivity index (χ3n) is 3.66. The predicted octanol–water partition coefficient (Wildman–Crippen LogP) is 3.03. The van der Waals surface area contributed by atoms with Gasteiger partial charge < -0.3 is 10.0 Å². The van der Waals surface area contributed by atoms with Crippen molar-refractivity contribution >= 4 is 11.3 Å². The number of thiophene rings is 1. The highest BCUT2D eigenvalue weighted by Crippen LogP contribution is 2.21. The van der Waals surface area contributed by atoms with Gasteiger partial charge in [0.25, 0.3) is 0 Å². The van der Waals surface area contributed by atoms with Crippen LogP contribution in [0.1, 0.15) is 21.8 Å². The van der Waals surface area contributed by atoms with Crippen LogP contribution in [0.15, 0.2) is 23.6 Å². The molecule has 2 aromatic rings. The second-order valence-electron chi connectivity index (χ2n) is 5.96. The normalized spacial score (nSPS) is 11.5. The number of aromatic nitrogens is 1. The summed E-state index contributed by atoms with van der Waals surface area (Å²) < 4.78 is 0. The SMILES string of the molecule is Cc1ccc(O)c(CN(CCN(C)C)Cc2sccc2C)n1. The minimum absolute atomic E-state index is 0.281. The monoisotopic (exact) mass is 319 g/mol. The smallest absolute Gasteiger partial charge is 0.138 e. The fraction of sp³-hybridized carbons (Fsp3) is 0.471. The van der Waals surface area contributed by atoms with E-state index in [1.807, 2.05) is 13.0 Å². The summed E-state index contributed by atoms with van der Waals surface area (Å²) in [5, 5.41) is 12.2. The Bertz CT molecular complexity index is 610. The van der Waals surface area contributed by atoms with Crippen molar-refractivity contribution in [2.45, 2.75) is 26.9 Å². The molecule has 0 spiro atoms. The van der Waals surface area contributed by atoms with E-state index in [1.165, 1.54) is 10.4 Å². The van der Waals surface area contributed by atoms with Crippen LogP contribution in [0.4, 0.5) is 0 Å². The lowest BCUT2D eigenvalue weighted by Crippen LogP contribution is -2.31. The lowest BCUT2D eigenvalue weighted by atomic mass is 10.2. The molecule has 0 radical (unpaired) electrons. The Morgan fingerprint density at radius 1 is 1.09 bits per heavy atom. The van der Waals surface area contributed by atoms with Crippen LogP contribution < -0.4 is 0 Å². The van der Waals surface area contributed by atoms with Crippen molar-refractivity contribution in [2.75, 3.05) is 27.2 Å². The van der Waals surface area contributed by atoms with Crippen LogP contribution in [-0.4, -0.2) is 47.1 Å². The zero-order valence-corrected chi connectivity index (χ0v) is 14.7. The van der Waals surface area contributed by atoms with E-state index < -0.39 is 0 Å². The number of pyridine rings is 1. The third kappa shape index (κ3) is 4.80. The zero-order chi connectivity index (χ0) is 16.1. The van der Waals surface area contributed by atoms with Crippen LogP contribution in [0, 0.1) is 13.8 Å². The van der Waals surface area contributed by atoms with Crippen LogP contribution in [-0.2, 0) is 13.1 Å². The summed E-state index contributed by atoms with van der Waals surface area (Å²) in [5.41, 5.74) is 3.03. The molecular formula is C17H25N3OS. The quantitative estimate of drug-likeness (QED) is 0.851. The Balaban J connectivity index is 2.13. The van der Waals surface area contributed by atoms with Gasteiger partial charge in [-0.15, -0.1) is 11.3 Å². The number of hydrogen-bond acceptors (Lipinski definition) is 5. The number of aromatic hydroxyl groups is 1. The molecule has 0 atom stereocenters. The largest absolute Gasteiger partial charge is 0.506 e. The molecule has 22 heavy (non-hydrogen) atoms. The molecule has 0 aliphatic heterocycles. The highest BCUT2D eigenvalue weighted by molar-refractivity contribution is 7.10. The zero-order valence-electron chi connectivity index (χ0n) is 13.8. The minimum Gasteiger partial charge on any atom is -0.506 e. The van der Waals surface area contributed by atoms with Crippen molar-refractivity contribution in [1.29, 1.82) is 0 Å². The number of likely N-dealkylation sites (N-methyl/N-ethyl adjacent to an activating group) is 1. The summed E-state index contributed by atoms with van der Waals surface area (Å²) in [4.78, 5) is 10.4. The van der Waals surface area contributed by atoms with Gasteiger partial charge in [-0.2, -0.15) is 0 Å². The van der Waals surface area contributed by atoms with E-state index >= 15 is 0 Å². The maximum atomic E-state index is 10.0. The fourth-order valence-corrected chi connectivity index (χ4v) is 3.20. The molecule has 4 nitrogen and oxygen atoms in total. The molecule has 0 aliphatic carbocycles. The first-order valence-electron chi connectivity index (χ1n) is 7.51. The highest BCUT2D eigenvalue weighted by Gasteiger charge is 2.13. The van der Waals surface area contributed by atoms with Crippen LogP contribution in [0.3, 0.4) is 0 Å². The van der Waals surface area contributed by atoms with Gasteiger partial charge in [0.15, 0.2) is 0 Å². The van der Waals surface area contributed by atoms with Gasteiger partial charge in [0.1, 0.15) is 5.75 Å². The van der Waals surface area contributed by atoms with Gasteiger partial charge in [-0.05, 0) is 57.1 Å². The predicted molar refractivity (Wildman–Crippen MR) is 92.4 cm³/mol. The molecule has 1 N–H and O–H groups in total. The number of hydrogen-bond donors (Lipinski definition) is 1. The van der Waals surface area contributed by atoms with Crippen LogP contribution in [0.2, 0.25) is 0 Å². The number of rotatable bonds is 7. The van der Waals surface area contributed by atoms with Crippen LogP contribution in [0.5, 0.6) is 5.75 Å². The molecular weight excluding hydrogens is 294 g/mol. The van der Waals surface area contributed by atoms with E-state index in [-0.39, 0.29) is 5.75 Å². The van der Waals surface area contributed by atoms with E-state index in [0.29, 0.717) is 6.54 Å². The standard InChI is InChI=1S/C17H25N3OS/c1-13-7-10-22-17(13)12-20(9-8-19(3)4)11-15-16(21)6-5-14(2)18-15/h5-7,10,21H,8-9,11-12H2,1-4H3. The lowest BCUT2D eigenvalue weighted by molar-refractivity contribution is 0.222. The van der Waals surface area contributed by atoms with E-state index in [1.54, 1.807) is 17.4 Å². The van der Waals surface area contributed by atoms with Crippen molar-refractivity contribution in [1.82, 2.24) is 14.8 Å². The Hall–Kier alpha value is -1.43. The Morgan fingerprint density at radius 2 is 1.86 bits per heavy atom. The molecule has 0 unspecified atom stereocenters. The number of aryl methyl sites for hydroxylation is 2. The van der Waals surface area contributed by atoms with Gasteiger partial charge in [0.2, 0.25) is 0 Å². The van der Waals surface area contributed by atoms with E-state index in [9.17, 15) is 5.11 Å². The lowest BCUT2D eigenvalue weighted by Gasteiger charge is -2.24. The first-order chi connectivity index (χ1) is 10.5. The van der Waals surface area contributed by atoms with Crippen molar-refractivity contribution in [3.05, 3.63) is 45.4 Å². The average molecular weight is 319 g/mol. The highest BCUT2D eigenvalue weighted by atomic mass is 32.1. The van der Waals surface area contributed by atoms with Crippen LogP contribution in [0.25, 0.3) is 0 Å². The summed E-state index contributed by atoms with van der Waals surface area (Å²) in [7, 11) is 4.16. The molecule has 0 aromatic carbocycles. The summed E-state index contributed by atoms with van der Waals surface area (Å²) in [6.07, 6.45) is 0. The maximum Gasteiger partial charge on any atom is 0.138 e. The molecule has 120 valence electrons. The van der Waals surface area contributed by atoms with Gasteiger partial charge in [-0.1, -0.05) is 0 Å². The second-order valence-corrected chi connectivity index (χ2v) is 6.96. The topological polar surface area (TPSA) is 39.6 Å². The van der Waals surface area contributed by atoms with Crippen LogP contribution >= 0.6 is 11.3 Å². The van der Waals surface area contributed by atoms with Gasteiger partial charge >= 0.3 is 0 Å². The Labute approximate surface area is 137 Å². The first kappa shape index (κ1) is 16.9. The summed E-state index contributed by atoms with van der Waals surface area (Å²) >= 11 is 1.79. The molecule has 0 bridgehead atoms. The molecule has 2 heterocycles. The van der Waals surface area contributed by atoms with E-state index in [4.69, 9.17) is 0 Å². The van der Waals surface area contributed by atoms with Gasteiger partial charge in [0, 0.05) is 36.8 Å². The van der Waals surface area contributed by atoms with Crippen molar-refractivity contribution in [2.24, 2.45) is 0 Å². The average Bonchev–Trinajstić information content (AvgIpc) is 2.85. The fourth-order valence-electron chi connectivity index (χ4n) is 2.26. The molecule has 0 fully saturated rings. The Morgan fingerprint density at radius 3 is 2.50 bits per heavy atom. The molecule has 0 saturated carbocycles. The minimum atomic E-state index is 0.281. The summed E-state index contributed by atoms with van der Waals surface area (Å²) in [5.74, 6) is 0.281. The molecule has 5 heteroatoms. The van der Waals surface area contributed by atoms with Crippen molar-refractivity contribution in [3.8, 4) is 5.75 Å². The van der Waals surface area contributed by atoms with E-state index in [2.05, 4.69) is 47.2 Å².